The van der Waals surface area contributed by atoms with E-state index in [0.29, 0.717) is 6.42 Å². The zero-order valence-electron chi connectivity index (χ0n) is 13.8. The molecule has 2 aromatic carbocycles. The Kier molecular flexibility index (Phi) is 4.07. The summed E-state index contributed by atoms with van der Waals surface area (Å²) in [5, 5.41) is 14.1. The van der Waals surface area contributed by atoms with Gasteiger partial charge in [0.15, 0.2) is 5.82 Å². The van der Waals surface area contributed by atoms with Crippen LogP contribution in [0.4, 0.5) is 0 Å². The first-order valence-electron chi connectivity index (χ1n) is 7.75. The smallest absolute Gasteiger partial charge is 0.234 e. The van der Waals surface area contributed by atoms with Crippen molar-refractivity contribution in [1.29, 1.82) is 0 Å². The van der Waals surface area contributed by atoms with E-state index >= 15 is 0 Å². The Labute approximate surface area is 148 Å². The number of rotatable bonds is 5. The number of ether oxygens (including phenoxy) is 2. The van der Waals surface area contributed by atoms with Crippen molar-refractivity contribution in [3.8, 4) is 22.1 Å². The van der Waals surface area contributed by atoms with Gasteiger partial charge in [-0.15, -0.1) is 10.2 Å². The molecule has 0 atom stereocenters. The lowest BCUT2D eigenvalue weighted by atomic mass is 10.1. The first-order chi connectivity index (χ1) is 12.3. The quantitative estimate of drug-likeness (QED) is 0.550. The second kappa shape index (κ2) is 6.52. The normalized spacial score (nSPS) is 11.0. The van der Waals surface area contributed by atoms with E-state index in [1.165, 1.54) is 11.3 Å². The van der Waals surface area contributed by atoms with Crippen LogP contribution in [-0.4, -0.2) is 34.0 Å². The summed E-state index contributed by atoms with van der Waals surface area (Å²) < 4.78 is 12.3. The maximum absolute atomic E-state index is 5.29. The summed E-state index contributed by atoms with van der Waals surface area (Å²) in [6.07, 6.45) is 0.659. The molecule has 0 aliphatic heterocycles. The van der Waals surface area contributed by atoms with Crippen molar-refractivity contribution < 1.29 is 9.47 Å². The van der Waals surface area contributed by atoms with Crippen LogP contribution in [0.3, 0.4) is 0 Å². The Balaban J connectivity index is 1.65. The summed E-state index contributed by atoms with van der Waals surface area (Å²) in [4.78, 5) is 0.779. The molecule has 0 radical (unpaired) electrons. The molecule has 2 heterocycles. The topological polar surface area (TPSA) is 61.5 Å². The number of hydrogen-bond acceptors (Lipinski definition) is 6. The minimum atomic E-state index is 0.659. The van der Waals surface area contributed by atoms with Crippen molar-refractivity contribution in [2.75, 3.05) is 14.2 Å². The Morgan fingerprint density at radius 2 is 1.76 bits per heavy atom. The molecule has 0 unspecified atom stereocenters. The fourth-order valence-corrected chi connectivity index (χ4v) is 3.42. The lowest BCUT2D eigenvalue weighted by molar-refractivity contribution is 0.414. The average Bonchev–Trinajstić information content (AvgIpc) is 3.24. The zero-order valence-corrected chi connectivity index (χ0v) is 14.7. The maximum atomic E-state index is 5.29. The van der Waals surface area contributed by atoms with Gasteiger partial charge < -0.3 is 9.47 Å². The van der Waals surface area contributed by atoms with Crippen LogP contribution in [0.15, 0.2) is 48.5 Å². The second-order valence-corrected chi connectivity index (χ2v) is 6.43. The maximum Gasteiger partial charge on any atom is 0.234 e. The van der Waals surface area contributed by atoms with E-state index in [9.17, 15) is 0 Å². The molecule has 25 heavy (non-hydrogen) atoms. The van der Waals surface area contributed by atoms with Crippen LogP contribution >= 0.6 is 11.3 Å². The molecule has 0 spiro atoms. The van der Waals surface area contributed by atoms with Gasteiger partial charge in [0.05, 0.1) is 14.2 Å². The van der Waals surface area contributed by atoms with Crippen molar-refractivity contribution in [3.05, 3.63) is 59.9 Å². The monoisotopic (exact) mass is 352 g/mol. The minimum absolute atomic E-state index is 0.659. The molecule has 0 N–H and O–H groups in total. The highest BCUT2D eigenvalue weighted by molar-refractivity contribution is 7.19. The molecule has 2 aromatic heterocycles. The molecule has 0 bridgehead atoms. The number of aromatic nitrogens is 4. The second-order valence-electron chi connectivity index (χ2n) is 5.47. The zero-order chi connectivity index (χ0) is 17.2. The van der Waals surface area contributed by atoms with Crippen molar-refractivity contribution >= 4 is 16.3 Å². The summed E-state index contributed by atoms with van der Waals surface area (Å²) in [5.74, 6) is 2.46. The average molecular weight is 352 g/mol. The summed E-state index contributed by atoms with van der Waals surface area (Å²) in [7, 11) is 3.32. The van der Waals surface area contributed by atoms with E-state index in [2.05, 4.69) is 15.3 Å². The predicted molar refractivity (Wildman–Crippen MR) is 96.4 cm³/mol. The van der Waals surface area contributed by atoms with Crippen LogP contribution in [0.2, 0.25) is 0 Å². The Hall–Kier alpha value is -2.93. The van der Waals surface area contributed by atoms with E-state index in [0.717, 1.165) is 38.4 Å². The molecule has 0 fully saturated rings. The van der Waals surface area contributed by atoms with E-state index in [1.54, 1.807) is 14.2 Å². The largest absolute Gasteiger partial charge is 0.497 e. The molecule has 4 rings (SSSR count). The van der Waals surface area contributed by atoms with E-state index < -0.39 is 0 Å². The van der Waals surface area contributed by atoms with Crippen molar-refractivity contribution in [2.24, 2.45) is 0 Å². The first-order valence-corrected chi connectivity index (χ1v) is 8.57. The van der Waals surface area contributed by atoms with Crippen LogP contribution in [0.5, 0.6) is 11.5 Å². The molecule has 6 nitrogen and oxygen atoms in total. The molecule has 0 saturated heterocycles. The predicted octanol–water partition coefficient (Wildman–Crippen LogP) is 3.46. The number of methoxy groups -OCH3 is 2. The van der Waals surface area contributed by atoms with E-state index in [4.69, 9.17) is 9.47 Å². The van der Waals surface area contributed by atoms with Gasteiger partial charge in [0, 0.05) is 12.0 Å². The molecule has 126 valence electrons. The van der Waals surface area contributed by atoms with Crippen LogP contribution in [0, 0.1) is 0 Å². The summed E-state index contributed by atoms with van der Waals surface area (Å²) >= 11 is 1.51. The third kappa shape index (κ3) is 3.06. The third-order valence-electron chi connectivity index (χ3n) is 3.89. The van der Waals surface area contributed by atoms with Crippen LogP contribution in [0.1, 0.15) is 11.4 Å². The van der Waals surface area contributed by atoms with E-state index in [-0.39, 0.29) is 0 Å². The number of nitrogens with zero attached hydrogens (tertiary/aromatic N) is 4. The van der Waals surface area contributed by atoms with Gasteiger partial charge in [0.1, 0.15) is 16.5 Å². The van der Waals surface area contributed by atoms with Gasteiger partial charge in [-0.25, -0.2) is 0 Å². The van der Waals surface area contributed by atoms with E-state index in [1.807, 2.05) is 53.0 Å². The highest BCUT2D eigenvalue weighted by atomic mass is 32.1. The standard InChI is InChI=1S/C18H16N4O2S/c1-23-14-8-6-12(7-9-14)10-16-19-20-18-22(16)21-17(25-18)13-4-3-5-15(11-13)24-2/h3-9,11H,10H2,1-2H3. The lowest BCUT2D eigenvalue weighted by Crippen LogP contribution is -1.98. The molecule has 4 aromatic rings. The van der Waals surface area contributed by atoms with Gasteiger partial charge in [0.25, 0.3) is 0 Å². The fraction of sp³-hybridized carbons (Fsp3) is 0.167. The van der Waals surface area contributed by atoms with Gasteiger partial charge in [-0.3, -0.25) is 0 Å². The molecule has 7 heteroatoms. The summed E-state index contributed by atoms with van der Waals surface area (Å²) in [6.45, 7) is 0. The Morgan fingerprint density at radius 1 is 0.960 bits per heavy atom. The lowest BCUT2D eigenvalue weighted by Gasteiger charge is -2.02. The molecule has 0 saturated carbocycles. The SMILES string of the molecule is COc1ccc(Cc2nnc3sc(-c4cccc(OC)c4)nn23)cc1. The number of fused-ring (bicyclic) bond motifs is 1. The molecule has 0 aliphatic rings. The van der Waals surface area contributed by atoms with Crippen LogP contribution in [0.25, 0.3) is 15.5 Å². The number of benzene rings is 2. The van der Waals surface area contributed by atoms with Crippen molar-refractivity contribution in [3.63, 3.8) is 0 Å². The fourth-order valence-electron chi connectivity index (χ4n) is 2.57. The molecule has 0 aliphatic carbocycles. The van der Waals surface area contributed by atoms with Crippen LogP contribution < -0.4 is 9.47 Å². The van der Waals surface area contributed by atoms with Crippen LogP contribution in [-0.2, 0) is 6.42 Å². The van der Waals surface area contributed by atoms with Gasteiger partial charge in [-0.2, -0.15) is 9.61 Å². The summed E-state index contributed by atoms with van der Waals surface area (Å²) in [5.41, 5.74) is 2.14. The highest BCUT2D eigenvalue weighted by Crippen LogP contribution is 2.28. The first kappa shape index (κ1) is 15.6. The Morgan fingerprint density at radius 3 is 2.52 bits per heavy atom. The van der Waals surface area contributed by atoms with Crippen molar-refractivity contribution in [1.82, 2.24) is 19.8 Å². The Bertz CT molecular complexity index is 1010. The summed E-state index contributed by atoms with van der Waals surface area (Å²) in [6, 6.07) is 15.8. The van der Waals surface area contributed by atoms with Gasteiger partial charge in [-0.1, -0.05) is 35.6 Å². The van der Waals surface area contributed by atoms with Crippen molar-refractivity contribution in [2.45, 2.75) is 6.42 Å². The minimum Gasteiger partial charge on any atom is -0.497 e. The third-order valence-corrected chi connectivity index (χ3v) is 4.84. The molecule has 0 amide bonds. The highest BCUT2D eigenvalue weighted by Gasteiger charge is 2.14. The molecular formula is C18H16N4O2S. The number of hydrogen-bond donors (Lipinski definition) is 0. The molecular weight excluding hydrogens is 336 g/mol. The van der Waals surface area contributed by atoms with Gasteiger partial charge in [-0.05, 0) is 29.8 Å². The van der Waals surface area contributed by atoms with Gasteiger partial charge in [0.2, 0.25) is 4.96 Å². The van der Waals surface area contributed by atoms with Gasteiger partial charge >= 0.3 is 0 Å².